The standard InChI is InChI=1S/C12H18N2O/c1-4-11(14(2)3)12(13-15)10-8-6-5-7-9-10/h5-9,11,15H,4H2,1-3H3. The molecule has 1 rings (SSSR count). The molecule has 1 aromatic rings. The van der Waals surface area contributed by atoms with Crippen LogP contribution in [0.5, 0.6) is 0 Å². The molecule has 1 atom stereocenters. The van der Waals surface area contributed by atoms with Crippen LogP contribution in [0.1, 0.15) is 18.9 Å². The van der Waals surface area contributed by atoms with E-state index in [4.69, 9.17) is 5.21 Å². The summed E-state index contributed by atoms with van der Waals surface area (Å²) < 4.78 is 0. The van der Waals surface area contributed by atoms with Crippen LogP contribution >= 0.6 is 0 Å². The fourth-order valence-electron chi connectivity index (χ4n) is 1.73. The Morgan fingerprint density at radius 2 is 1.93 bits per heavy atom. The molecule has 0 amide bonds. The lowest BCUT2D eigenvalue weighted by Crippen LogP contribution is -2.35. The SMILES string of the molecule is CCC(C(=NO)c1ccccc1)N(C)C. The Morgan fingerprint density at radius 1 is 1.33 bits per heavy atom. The molecule has 0 saturated carbocycles. The molecule has 1 unspecified atom stereocenters. The Bertz CT molecular complexity index is 320. The summed E-state index contributed by atoms with van der Waals surface area (Å²) in [5.41, 5.74) is 1.70. The van der Waals surface area contributed by atoms with E-state index in [1.54, 1.807) is 0 Å². The molecule has 1 aromatic carbocycles. The Balaban J connectivity index is 2.99. The fraction of sp³-hybridized carbons (Fsp3) is 0.417. The van der Waals surface area contributed by atoms with Crippen molar-refractivity contribution in [3.8, 4) is 0 Å². The third-order valence-electron chi connectivity index (χ3n) is 2.50. The number of nitrogens with zero attached hydrogens (tertiary/aromatic N) is 2. The molecule has 0 radical (unpaired) electrons. The lowest BCUT2D eigenvalue weighted by atomic mass is 10.0. The normalized spacial score (nSPS) is 14.3. The minimum Gasteiger partial charge on any atom is -0.411 e. The molecule has 0 aromatic heterocycles. The maximum Gasteiger partial charge on any atom is 0.104 e. The molecule has 0 heterocycles. The molecule has 0 bridgehead atoms. The zero-order valence-electron chi connectivity index (χ0n) is 9.51. The van der Waals surface area contributed by atoms with Gasteiger partial charge in [-0.3, -0.25) is 0 Å². The fourth-order valence-corrected chi connectivity index (χ4v) is 1.73. The van der Waals surface area contributed by atoms with Crippen LogP contribution in [0.3, 0.4) is 0 Å². The number of hydrogen-bond donors (Lipinski definition) is 1. The van der Waals surface area contributed by atoms with E-state index in [9.17, 15) is 0 Å². The first kappa shape index (κ1) is 11.7. The van der Waals surface area contributed by atoms with Gasteiger partial charge in [0.15, 0.2) is 0 Å². The Morgan fingerprint density at radius 3 is 2.33 bits per heavy atom. The zero-order chi connectivity index (χ0) is 11.3. The van der Waals surface area contributed by atoms with Crippen molar-refractivity contribution in [2.24, 2.45) is 5.16 Å². The van der Waals surface area contributed by atoms with E-state index < -0.39 is 0 Å². The van der Waals surface area contributed by atoms with Crippen LogP contribution in [-0.2, 0) is 0 Å². The van der Waals surface area contributed by atoms with Crippen LogP contribution < -0.4 is 0 Å². The van der Waals surface area contributed by atoms with Crippen LogP contribution in [0.25, 0.3) is 0 Å². The maximum absolute atomic E-state index is 9.09. The van der Waals surface area contributed by atoms with Gasteiger partial charge in [-0.1, -0.05) is 42.4 Å². The monoisotopic (exact) mass is 206 g/mol. The highest BCUT2D eigenvalue weighted by molar-refractivity contribution is 6.03. The number of hydrogen-bond acceptors (Lipinski definition) is 3. The second-order valence-corrected chi connectivity index (χ2v) is 3.74. The van der Waals surface area contributed by atoms with Gasteiger partial charge in [-0.15, -0.1) is 0 Å². The second kappa shape index (κ2) is 5.51. The highest BCUT2D eigenvalue weighted by Crippen LogP contribution is 2.10. The third-order valence-corrected chi connectivity index (χ3v) is 2.50. The zero-order valence-corrected chi connectivity index (χ0v) is 9.51. The van der Waals surface area contributed by atoms with Crippen LogP contribution in [-0.4, -0.2) is 36.0 Å². The topological polar surface area (TPSA) is 35.8 Å². The van der Waals surface area contributed by atoms with Crippen molar-refractivity contribution in [2.75, 3.05) is 14.1 Å². The van der Waals surface area contributed by atoms with E-state index >= 15 is 0 Å². The van der Waals surface area contributed by atoms with Gasteiger partial charge in [0.25, 0.3) is 0 Å². The van der Waals surface area contributed by atoms with Crippen LogP contribution in [0.15, 0.2) is 35.5 Å². The Kier molecular flexibility index (Phi) is 4.31. The molecule has 3 nitrogen and oxygen atoms in total. The highest BCUT2D eigenvalue weighted by Gasteiger charge is 2.18. The summed E-state index contributed by atoms with van der Waals surface area (Å²) in [5.74, 6) is 0. The lowest BCUT2D eigenvalue weighted by Gasteiger charge is -2.23. The van der Waals surface area contributed by atoms with E-state index in [-0.39, 0.29) is 6.04 Å². The van der Waals surface area contributed by atoms with Crippen molar-refractivity contribution in [3.63, 3.8) is 0 Å². The predicted molar refractivity (Wildman–Crippen MR) is 62.5 cm³/mol. The summed E-state index contributed by atoms with van der Waals surface area (Å²) in [4.78, 5) is 2.06. The van der Waals surface area contributed by atoms with Gasteiger partial charge in [0.05, 0.1) is 6.04 Å². The van der Waals surface area contributed by atoms with E-state index in [0.717, 1.165) is 17.7 Å². The van der Waals surface area contributed by atoms with Crippen molar-refractivity contribution in [2.45, 2.75) is 19.4 Å². The van der Waals surface area contributed by atoms with Crippen molar-refractivity contribution in [1.29, 1.82) is 0 Å². The van der Waals surface area contributed by atoms with Gasteiger partial charge in [0.1, 0.15) is 5.71 Å². The first-order valence-electron chi connectivity index (χ1n) is 5.14. The van der Waals surface area contributed by atoms with E-state index in [0.29, 0.717) is 0 Å². The Hall–Kier alpha value is -1.35. The molecule has 0 spiro atoms. The number of benzene rings is 1. The molecule has 15 heavy (non-hydrogen) atoms. The molecule has 82 valence electrons. The van der Waals surface area contributed by atoms with E-state index in [1.807, 2.05) is 44.4 Å². The van der Waals surface area contributed by atoms with Gasteiger partial charge in [-0.05, 0) is 20.5 Å². The molecule has 0 aliphatic carbocycles. The lowest BCUT2D eigenvalue weighted by molar-refractivity contribution is 0.300. The van der Waals surface area contributed by atoms with Crippen molar-refractivity contribution in [1.82, 2.24) is 4.90 Å². The Labute approximate surface area is 91.0 Å². The van der Waals surface area contributed by atoms with Crippen molar-refractivity contribution in [3.05, 3.63) is 35.9 Å². The average Bonchev–Trinajstić information content (AvgIpc) is 2.26. The number of likely N-dealkylation sites (N-methyl/N-ethyl adjacent to an activating group) is 1. The van der Waals surface area contributed by atoms with Gasteiger partial charge in [-0.25, -0.2) is 0 Å². The molecule has 3 heteroatoms. The molecular weight excluding hydrogens is 188 g/mol. The van der Waals surface area contributed by atoms with Crippen LogP contribution in [0.2, 0.25) is 0 Å². The molecular formula is C12H18N2O. The van der Waals surface area contributed by atoms with Gasteiger partial charge in [-0.2, -0.15) is 0 Å². The minimum absolute atomic E-state index is 0.150. The smallest absolute Gasteiger partial charge is 0.104 e. The van der Waals surface area contributed by atoms with Gasteiger partial charge in [0.2, 0.25) is 0 Å². The molecule has 0 aliphatic heterocycles. The van der Waals surface area contributed by atoms with Gasteiger partial charge >= 0.3 is 0 Å². The quantitative estimate of drug-likeness (QED) is 0.466. The molecule has 0 aliphatic rings. The highest BCUT2D eigenvalue weighted by atomic mass is 16.4. The molecule has 0 saturated heterocycles. The summed E-state index contributed by atoms with van der Waals surface area (Å²) in [7, 11) is 3.98. The number of oxime groups is 1. The van der Waals surface area contributed by atoms with Crippen LogP contribution in [0.4, 0.5) is 0 Å². The summed E-state index contributed by atoms with van der Waals surface area (Å²) in [6.07, 6.45) is 0.918. The molecule has 1 N–H and O–H groups in total. The molecule has 0 fully saturated rings. The largest absolute Gasteiger partial charge is 0.411 e. The summed E-state index contributed by atoms with van der Waals surface area (Å²) in [6.45, 7) is 2.08. The number of rotatable bonds is 4. The third kappa shape index (κ3) is 2.80. The van der Waals surface area contributed by atoms with Crippen molar-refractivity contribution < 1.29 is 5.21 Å². The van der Waals surface area contributed by atoms with Crippen molar-refractivity contribution >= 4 is 5.71 Å². The predicted octanol–water partition coefficient (Wildman–Crippen LogP) is 2.21. The summed E-state index contributed by atoms with van der Waals surface area (Å²) in [6, 6.07) is 9.92. The minimum atomic E-state index is 0.150. The second-order valence-electron chi connectivity index (χ2n) is 3.74. The van der Waals surface area contributed by atoms with Crippen LogP contribution in [0, 0.1) is 0 Å². The van der Waals surface area contributed by atoms with Gasteiger partial charge < -0.3 is 10.1 Å². The average molecular weight is 206 g/mol. The van der Waals surface area contributed by atoms with E-state index in [2.05, 4.69) is 17.0 Å². The van der Waals surface area contributed by atoms with Gasteiger partial charge in [0, 0.05) is 5.56 Å². The first-order valence-corrected chi connectivity index (χ1v) is 5.14. The summed E-state index contributed by atoms with van der Waals surface area (Å²) in [5, 5.41) is 12.5. The summed E-state index contributed by atoms with van der Waals surface area (Å²) >= 11 is 0. The maximum atomic E-state index is 9.09. The first-order chi connectivity index (χ1) is 7.20. The van der Waals surface area contributed by atoms with E-state index in [1.165, 1.54) is 0 Å².